The number of aromatic carboxylic acids is 1. The molecule has 46 heteroatoms. The Balaban J connectivity index is 1.18. The Hall–Kier alpha value is -8.35. The average Bonchev–Trinajstić information content (AvgIpc) is 0.767. The van der Waals surface area contributed by atoms with Crippen LogP contribution in [0.5, 0.6) is 17.2 Å². The molecule has 0 saturated heterocycles. The van der Waals surface area contributed by atoms with E-state index in [1.807, 2.05) is 0 Å². The highest BCUT2D eigenvalue weighted by Crippen LogP contribution is 2.53. The van der Waals surface area contributed by atoms with Crippen LogP contribution in [0.25, 0.3) is 43.1 Å². The molecule has 0 fully saturated rings. The Bertz CT molecular complexity index is 5170. The summed E-state index contributed by atoms with van der Waals surface area (Å²) in [7, 11) is -21.1. The largest absolute Gasteiger partial charge is 0.505 e. The number of rotatable bonds is 25. The summed E-state index contributed by atoms with van der Waals surface area (Å²) in [5.41, 5.74) is 0.412. The summed E-state index contributed by atoms with van der Waals surface area (Å²) in [4.78, 5) is 7.02. The zero-order valence-electron chi connectivity index (χ0n) is 44.5. The maximum atomic E-state index is 13.3. The lowest BCUT2D eigenvalue weighted by Crippen LogP contribution is -2.02. The molecule has 0 amide bonds. The number of hydrogen-bond acceptors (Lipinski definition) is 37. The second-order valence-corrected chi connectivity index (χ2v) is 26.2. The molecule has 0 atom stereocenters. The number of fused-ring (bicyclic) bond motifs is 4. The molecule has 14 N–H and O–H groups in total. The molecule has 9 rings (SSSR count). The third-order valence-corrected chi connectivity index (χ3v) is 18.5. The van der Waals surface area contributed by atoms with E-state index >= 15 is 0 Å². The van der Waals surface area contributed by atoms with Gasteiger partial charge in [0.2, 0.25) is 0 Å². The highest BCUT2D eigenvalue weighted by atomic mass is 32.2. The smallest absolute Gasteiger partial charge is 0.338 e. The van der Waals surface area contributed by atoms with Gasteiger partial charge >= 0.3 is 5.97 Å². The molecule has 0 aliphatic carbocycles. The molecular formula is C47H31N9O29S8. The average molecular weight is 1440 g/mol. The van der Waals surface area contributed by atoms with Crippen LogP contribution in [0.15, 0.2) is 183 Å². The number of carboxylic acids is 1. The molecule has 486 valence electrons. The molecule has 0 aromatic heterocycles. The fourth-order valence-corrected chi connectivity index (χ4v) is 13.4. The number of phenolic OH excluding ortho intramolecular Hbond substituents is 3. The highest BCUT2D eigenvalue weighted by Gasteiger charge is 2.30. The van der Waals surface area contributed by atoms with Crippen molar-refractivity contribution in [1.29, 1.82) is 0 Å². The van der Waals surface area contributed by atoms with Crippen molar-refractivity contribution in [3.8, 4) is 17.2 Å². The van der Waals surface area contributed by atoms with Crippen molar-refractivity contribution < 1.29 is 136 Å². The number of nitrogens with zero attached hydrogens (tertiary/aromatic N) is 8. The number of phenols is 3. The molecule has 0 radical (unpaired) electrons. The Kier molecular flexibility index (Phi) is 20.8. The van der Waals surface area contributed by atoms with E-state index in [2.05, 4.69) is 78.4 Å². The molecule has 0 aliphatic rings. The second-order valence-electron chi connectivity index (χ2n) is 17.7. The Labute approximate surface area is 533 Å². The van der Waals surface area contributed by atoms with Crippen molar-refractivity contribution in [2.24, 2.45) is 40.9 Å². The summed E-state index contributed by atoms with van der Waals surface area (Å²) in [6, 6.07) is 18.0. The van der Waals surface area contributed by atoms with Gasteiger partial charge in [0.15, 0.2) is 17.2 Å². The Morgan fingerprint density at radius 3 is 1.52 bits per heavy atom. The highest BCUT2D eigenvalue weighted by molar-refractivity contribution is 7.95. The number of carbonyl (C=O) groups is 1. The van der Waals surface area contributed by atoms with E-state index < -0.39 is 160 Å². The molecule has 0 spiro atoms. The number of anilines is 1. The lowest BCUT2D eigenvalue weighted by molar-refractivity contribution is -0.432. The van der Waals surface area contributed by atoms with Crippen molar-refractivity contribution in [1.82, 2.24) is 0 Å². The van der Waals surface area contributed by atoms with Gasteiger partial charge < -0.3 is 26.2 Å². The summed E-state index contributed by atoms with van der Waals surface area (Å²) in [5, 5.41) is 124. The molecule has 0 aliphatic heterocycles. The normalized spacial score (nSPS) is 12.8. The fourth-order valence-electron chi connectivity index (χ4n) is 8.68. The molecule has 9 aromatic carbocycles. The van der Waals surface area contributed by atoms with Gasteiger partial charge in [0.05, 0.1) is 85.2 Å². The van der Waals surface area contributed by atoms with E-state index in [9.17, 15) is 77.1 Å². The van der Waals surface area contributed by atoms with Crippen LogP contribution in [0.1, 0.15) is 10.4 Å². The first-order chi connectivity index (χ1) is 44.0. The maximum absolute atomic E-state index is 13.3. The van der Waals surface area contributed by atoms with E-state index in [1.165, 1.54) is 30.3 Å². The van der Waals surface area contributed by atoms with Crippen molar-refractivity contribution in [2.75, 3.05) is 5.73 Å². The molecule has 0 bridgehead atoms. The zero-order chi connectivity index (χ0) is 67.5. The van der Waals surface area contributed by atoms with Gasteiger partial charge in [0.1, 0.15) is 59.4 Å². The number of azo groups is 4. The molecule has 38 nitrogen and oxygen atoms in total. The second kappa shape index (κ2) is 28.1. The van der Waals surface area contributed by atoms with Gasteiger partial charge in [-0.25, -0.2) is 25.8 Å². The topological polar surface area (TPSA) is 595 Å². The quantitative estimate of drug-likeness (QED) is 0.00631. The number of hydrogen-bond donors (Lipinski definition) is 13. The summed E-state index contributed by atoms with van der Waals surface area (Å²) >= 11 is 0.595. The first kappa shape index (κ1) is 69.0. The van der Waals surface area contributed by atoms with Crippen LogP contribution in [-0.2, 0) is 78.0 Å². The minimum absolute atomic E-state index is 0.0191. The van der Waals surface area contributed by atoms with Crippen LogP contribution in [0.2, 0.25) is 0 Å². The van der Waals surface area contributed by atoms with Crippen LogP contribution < -0.4 is 5.73 Å². The molecule has 0 saturated carbocycles. The number of benzene rings is 9. The summed E-state index contributed by atoms with van der Waals surface area (Å²) in [6.07, 6.45) is 0. The Morgan fingerprint density at radius 2 is 0.914 bits per heavy atom. The van der Waals surface area contributed by atoms with E-state index in [1.54, 1.807) is 0 Å². The monoisotopic (exact) mass is 1440 g/mol. The minimum Gasteiger partial charge on any atom is -0.505 e. The number of carboxylic acid groups (broad SMARTS) is 1. The lowest BCUT2D eigenvalue weighted by atomic mass is 10.0. The van der Waals surface area contributed by atoms with E-state index in [0.717, 1.165) is 66.7 Å². The standard InChI is InChI=1S/C47H31N9O29S8/c48-39-31(53-52-30-14-23-18(11-32(30)87-83-79-63)12-37(92(72,73)74)42(44(23)58)56-49-27-9-10-35(90(66,67)68)21-4-2-1-3-20(21)27)17-36(91(69,70)71)26-16-34(89-85-81-65)41(45(59)38(26)39)55-51-29-8-6-22-24(46(29)93(75,76)77)15-33(88-84-80-64)40(43(22)57)54-50-28-7-5-19(86-82-78-62)13-25(28)47(60)61/h1-17,57-59,62-65H,48H2,(H,60,61)(H,66,67,68)(H,69,70,71)(H,72,73,74)(H,75,76,77). The maximum Gasteiger partial charge on any atom is 0.338 e. The van der Waals surface area contributed by atoms with Gasteiger partial charge in [-0.1, -0.05) is 44.4 Å². The first-order valence-corrected chi connectivity index (χ1v) is 32.6. The van der Waals surface area contributed by atoms with Crippen molar-refractivity contribution >= 4 is 189 Å². The lowest BCUT2D eigenvalue weighted by Gasteiger charge is -2.15. The van der Waals surface area contributed by atoms with Crippen LogP contribution in [0, 0.1) is 0 Å². The molecule has 0 unspecified atom stereocenters. The van der Waals surface area contributed by atoms with Crippen molar-refractivity contribution in [3.05, 3.63) is 109 Å². The third kappa shape index (κ3) is 14.9. The number of nitrogens with two attached hydrogens (primary N) is 1. The van der Waals surface area contributed by atoms with Crippen molar-refractivity contribution in [2.45, 2.75) is 39.2 Å². The van der Waals surface area contributed by atoms with Crippen LogP contribution in [-0.4, -0.2) is 99.3 Å². The predicted octanol–water partition coefficient (Wildman–Crippen LogP) is 13.1. The molecule has 93 heavy (non-hydrogen) atoms. The van der Waals surface area contributed by atoms with Crippen LogP contribution in [0.4, 0.5) is 51.2 Å². The molecule has 0 heterocycles. The SMILES string of the molecule is Nc1c(N=Nc2cc3c(O)c(N=Nc4ccc(S(=O)(=O)O)c5ccccc45)c(S(=O)(=O)O)cc3cc2SOOO)cc(S(=O)(=O)O)c2cc(SOOO)c(N=Nc3ccc4c(O)c(N=Nc5ccc(SOOO)cc5C(=O)O)c(SOOO)cc4c3S(=O)(=O)O)c(O)c12. The van der Waals surface area contributed by atoms with Crippen LogP contribution >= 0.6 is 48.2 Å². The zero-order valence-corrected chi connectivity index (χ0v) is 51.1. The number of nitrogen functional groups attached to an aromatic ring is 1. The molecule has 9 aromatic rings. The van der Waals surface area contributed by atoms with Gasteiger partial charge in [-0.15, -0.1) is 58.2 Å². The number of aromatic hydroxyl groups is 3. The van der Waals surface area contributed by atoms with Gasteiger partial charge in [-0.05, 0) is 84.2 Å². The summed E-state index contributed by atoms with van der Waals surface area (Å²) in [6.45, 7) is 0. The van der Waals surface area contributed by atoms with Crippen molar-refractivity contribution in [3.63, 3.8) is 0 Å². The fraction of sp³-hybridized carbons (Fsp3) is 0. The van der Waals surface area contributed by atoms with E-state index in [-0.39, 0.29) is 78.8 Å². The van der Waals surface area contributed by atoms with Gasteiger partial charge in [0, 0.05) is 37.2 Å². The molecular weight excluding hydrogens is 1410 g/mol. The van der Waals surface area contributed by atoms with Gasteiger partial charge in [-0.3, -0.25) is 18.2 Å². The first-order valence-electron chi connectivity index (χ1n) is 23.8. The summed E-state index contributed by atoms with van der Waals surface area (Å²) < 4.78 is 162. The van der Waals surface area contributed by atoms with Gasteiger partial charge in [-0.2, -0.15) is 33.7 Å². The van der Waals surface area contributed by atoms with Crippen LogP contribution in [0.3, 0.4) is 0 Å². The summed E-state index contributed by atoms with van der Waals surface area (Å²) in [5.74, 6) is -4.72. The van der Waals surface area contributed by atoms with E-state index in [4.69, 9.17) is 26.8 Å². The van der Waals surface area contributed by atoms with E-state index in [0.29, 0.717) is 18.1 Å². The third-order valence-electron chi connectivity index (χ3n) is 12.4. The predicted molar refractivity (Wildman–Crippen MR) is 317 cm³/mol. The Morgan fingerprint density at radius 1 is 0.409 bits per heavy atom. The van der Waals surface area contributed by atoms with Gasteiger partial charge in [0.25, 0.3) is 40.5 Å². The minimum atomic E-state index is -5.55.